The molecule has 2 aromatic rings. The Hall–Kier alpha value is -0.540. The molecule has 2 heterocycles. The molecular weight excluding hydrogens is 296 g/mol. The Morgan fingerprint density at radius 1 is 1.29 bits per heavy atom. The molecule has 3 heteroatoms. The Kier molecular flexibility index (Phi) is 3.50. The van der Waals surface area contributed by atoms with E-state index in [4.69, 9.17) is 4.42 Å². The van der Waals surface area contributed by atoms with Gasteiger partial charge in [-0.1, -0.05) is 36.7 Å². The number of hydrogen-bond acceptors (Lipinski definition) is 2. The van der Waals surface area contributed by atoms with Crippen molar-refractivity contribution in [3.05, 3.63) is 45.5 Å². The molecule has 0 aliphatic rings. The second-order valence-corrected chi connectivity index (χ2v) is 7.34. The summed E-state index contributed by atoms with van der Waals surface area (Å²) in [5, 5.41) is 0. The van der Waals surface area contributed by atoms with E-state index in [1.807, 2.05) is 24.5 Å². The fourth-order valence-electron chi connectivity index (χ4n) is 1.65. The van der Waals surface area contributed by atoms with Gasteiger partial charge in [0.15, 0.2) is 0 Å². The minimum absolute atomic E-state index is 0.224. The quantitative estimate of drug-likeness (QED) is 0.674. The maximum absolute atomic E-state index is 5.36. The summed E-state index contributed by atoms with van der Waals surface area (Å²) < 4.78 is 5.36. The van der Waals surface area contributed by atoms with Gasteiger partial charge in [0, 0.05) is 15.3 Å². The number of alkyl halides is 1. The van der Waals surface area contributed by atoms with Gasteiger partial charge < -0.3 is 4.42 Å². The Labute approximate surface area is 115 Å². The molecule has 0 bridgehead atoms. The summed E-state index contributed by atoms with van der Waals surface area (Å²) in [4.78, 5) is 2.98. The first-order valence-corrected chi connectivity index (χ1v) is 7.40. The van der Waals surface area contributed by atoms with Crippen molar-refractivity contribution >= 4 is 27.3 Å². The highest BCUT2D eigenvalue weighted by atomic mass is 79.9. The number of aryl methyl sites for hydroxylation is 1. The van der Waals surface area contributed by atoms with Crippen LogP contribution in [0.25, 0.3) is 0 Å². The van der Waals surface area contributed by atoms with E-state index < -0.39 is 0 Å². The third-order valence-electron chi connectivity index (χ3n) is 2.66. The average Bonchev–Trinajstić information content (AvgIpc) is 2.83. The third kappa shape index (κ3) is 2.83. The van der Waals surface area contributed by atoms with Gasteiger partial charge in [-0.2, -0.15) is 0 Å². The van der Waals surface area contributed by atoms with Gasteiger partial charge in [-0.25, -0.2) is 0 Å². The van der Waals surface area contributed by atoms with Gasteiger partial charge in [-0.05, 0) is 30.5 Å². The molecule has 0 spiro atoms. The predicted molar refractivity (Wildman–Crippen MR) is 77.2 cm³/mol. The summed E-state index contributed by atoms with van der Waals surface area (Å²) in [6.45, 7) is 8.70. The molecule has 0 N–H and O–H groups in total. The summed E-state index contributed by atoms with van der Waals surface area (Å²) >= 11 is 5.60. The van der Waals surface area contributed by atoms with E-state index in [9.17, 15) is 0 Å². The molecule has 0 aliphatic heterocycles. The monoisotopic (exact) mass is 312 g/mol. The van der Waals surface area contributed by atoms with Crippen LogP contribution in [0.2, 0.25) is 0 Å². The molecule has 2 aromatic heterocycles. The first kappa shape index (κ1) is 12.9. The van der Waals surface area contributed by atoms with Gasteiger partial charge >= 0.3 is 0 Å². The van der Waals surface area contributed by atoms with Gasteiger partial charge in [0.2, 0.25) is 0 Å². The molecule has 17 heavy (non-hydrogen) atoms. The van der Waals surface area contributed by atoms with Gasteiger partial charge in [-0.15, -0.1) is 11.3 Å². The number of furan rings is 1. The van der Waals surface area contributed by atoms with Crippen LogP contribution in [0.3, 0.4) is 0 Å². The van der Waals surface area contributed by atoms with E-state index in [2.05, 4.69) is 54.9 Å². The normalized spacial score (nSPS) is 13.9. The van der Waals surface area contributed by atoms with E-state index >= 15 is 0 Å². The maximum atomic E-state index is 5.36. The molecule has 92 valence electrons. The zero-order chi connectivity index (χ0) is 12.6. The Morgan fingerprint density at radius 2 is 2.00 bits per heavy atom. The third-order valence-corrected chi connectivity index (χ3v) is 5.56. The van der Waals surface area contributed by atoms with E-state index in [0.717, 1.165) is 5.76 Å². The lowest BCUT2D eigenvalue weighted by Crippen LogP contribution is -2.07. The average molecular weight is 313 g/mol. The van der Waals surface area contributed by atoms with Crippen LogP contribution in [0.1, 0.15) is 46.7 Å². The smallest absolute Gasteiger partial charge is 0.101 e. The van der Waals surface area contributed by atoms with Gasteiger partial charge in [0.05, 0.1) is 11.1 Å². The summed E-state index contributed by atoms with van der Waals surface area (Å²) in [5.41, 5.74) is 1.41. The highest BCUT2D eigenvalue weighted by molar-refractivity contribution is 9.09. The van der Waals surface area contributed by atoms with E-state index in [1.165, 1.54) is 15.3 Å². The van der Waals surface area contributed by atoms with Crippen LogP contribution in [-0.4, -0.2) is 0 Å². The molecule has 1 unspecified atom stereocenters. The van der Waals surface area contributed by atoms with Crippen LogP contribution in [0.5, 0.6) is 0 Å². The van der Waals surface area contributed by atoms with E-state index in [0.29, 0.717) is 0 Å². The fourth-order valence-corrected chi connectivity index (χ4v) is 3.40. The van der Waals surface area contributed by atoms with Crippen LogP contribution in [0.15, 0.2) is 28.9 Å². The van der Waals surface area contributed by atoms with Crippen LogP contribution in [-0.2, 0) is 5.41 Å². The zero-order valence-electron chi connectivity index (χ0n) is 10.6. The Bertz CT molecular complexity index is 504. The maximum Gasteiger partial charge on any atom is 0.101 e. The minimum Gasteiger partial charge on any atom is -0.469 e. The van der Waals surface area contributed by atoms with Crippen LogP contribution < -0.4 is 0 Å². The Morgan fingerprint density at radius 3 is 2.47 bits per heavy atom. The van der Waals surface area contributed by atoms with Gasteiger partial charge in [-0.3, -0.25) is 0 Å². The highest BCUT2D eigenvalue weighted by Gasteiger charge is 2.20. The number of rotatable bonds is 2. The molecule has 1 atom stereocenters. The van der Waals surface area contributed by atoms with Crippen LogP contribution in [0.4, 0.5) is 0 Å². The first-order valence-electron chi connectivity index (χ1n) is 5.67. The van der Waals surface area contributed by atoms with Crippen molar-refractivity contribution in [2.24, 2.45) is 0 Å². The van der Waals surface area contributed by atoms with Crippen LogP contribution in [0, 0.1) is 6.92 Å². The van der Waals surface area contributed by atoms with Crippen molar-refractivity contribution in [2.45, 2.75) is 37.9 Å². The number of hydrogen-bond donors (Lipinski definition) is 0. The van der Waals surface area contributed by atoms with E-state index in [-0.39, 0.29) is 10.2 Å². The fraction of sp³-hybridized carbons (Fsp3) is 0.429. The molecule has 0 amide bonds. The summed E-state index contributed by atoms with van der Waals surface area (Å²) in [6, 6.07) is 6.50. The summed E-state index contributed by atoms with van der Waals surface area (Å²) in [7, 11) is 0. The molecular formula is C14H17BrOS. The van der Waals surface area contributed by atoms with Crippen molar-refractivity contribution in [1.29, 1.82) is 0 Å². The topological polar surface area (TPSA) is 13.1 Å². The molecule has 1 nitrogen and oxygen atoms in total. The second-order valence-electron chi connectivity index (χ2n) is 5.31. The highest BCUT2D eigenvalue weighted by Crippen LogP contribution is 2.39. The van der Waals surface area contributed by atoms with E-state index in [1.54, 1.807) is 0 Å². The first-order chi connectivity index (χ1) is 7.88. The SMILES string of the molecule is Cc1cc(C(Br)c2ccc(C(C)(C)C)s2)co1. The largest absolute Gasteiger partial charge is 0.469 e. The van der Waals surface area contributed by atoms with Crippen molar-refractivity contribution in [1.82, 2.24) is 0 Å². The molecule has 0 saturated carbocycles. The predicted octanol–water partition coefficient (Wildman–Crippen LogP) is 5.43. The molecule has 0 radical (unpaired) electrons. The van der Waals surface area contributed by atoms with Gasteiger partial charge in [0.25, 0.3) is 0 Å². The zero-order valence-corrected chi connectivity index (χ0v) is 13.0. The lowest BCUT2D eigenvalue weighted by atomic mass is 9.95. The standard InChI is InChI=1S/C14H17BrOS/c1-9-7-10(8-16-9)13(15)11-5-6-12(17-11)14(2,3)4/h5-8,13H,1-4H3. The molecule has 0 saturated heterocycles. The molecule has 0 fully saturated rings. The molecule has 0 aliphatic carbocycles. The lowest BCUT2D eigenvalue weighted by molar-refractivity contribution is 0.532. The molecule has 2 rings (SSSR count). The molecule has 0 aromatic carbocycles. The van der Waals surface area contributed by atoms with Crippen molar-refractivity contribution in [3.63, 3.8) is 0 Å². The lowest BCUT2D eigenvalue weighted by Gasteiger charge is -2.15. The van der Waals surface area contributed by atoms with Crippen molar-refractivity contribution in [2.75, 3.05) is 0 Å². The summed E-state index contributed by atoms with van der Waals surface area (Å²) in [5.74, 6) is 0.956. The Balaban J connectivity index is 2.26. The van der Waals surface area contributed by atoms with Gasteiger partial charge in [0.1, 0.15) is 5.76 Å². The second kappa shape index (κ2) is 4.62. The van der Waals surface area contributed by atoms with Crippen molar-refractivity contribution in [3.8, 4) is 0 Å². The number of halogens is 1. The number of thiophene rings is 1. The van der Waals surface area contributed by atoms with Crippen LogP contribution >= 0.6 is 27.3 Å². The minimum atomic E-state index is 0.224. The van der Waals surface area contributed by atoms with Crippen molar-refractivity contribution < 1.29 is 4.42 Å². The summed E-state index contributed by atoms with van der Waals surface area (Å²) in [6.07, 6.45) is 1.82.